The number of hydrogen-bond donors (Lipinski definition) is 1. The average Bonchev–Trinajstić information content (AvgIpc) is 2.38. The van der Waals surface area contributed by atoms with E-state index in [9.17, 15) is 14.4 Å². The molecule has 0 aliphatic carbocycles. The van der Waals surface area contributed by atoms with Gasteiger partial charge in [-0.15, -0.1) is 0 Å². The molecule has 1 fully saturated rings. The lowest BCUT2D eigenvalue weighted by molar-refractivity contribution is -0.126. The topological polar surface area (TPSA) is 62.1 Å². The van der Waals surface area contributed by atoms with Crippen LogP contribution in [0.25, 0.3) is 0 Å². The molecule has 1 aliphatic heterocycles. The van der Waals surface area contributed by atoms with E-state index in [1.165, 1.54) is 6.07 Å². The summed E-state index contributed by atoms with van der Waals surface area (Å²) in [5.41, 5.74) is -0.868. The number of carbonyl (C=O) groups excluding carboxylic acids is 1. The van der Waals surface area contributed by atoms with Crippen molar-refractivity contribution in [2.45, 2.75) is 12.8 Å². The highest BCUT2D eigenvalue weighted by atomic mass is 35.5. The first kappa shape index (κ1) is 13.8. The van der Waals surface area contributed by atoms with E-state index in [4.69, 9.17) is 16.3 Å². The molecule has 100 valence electrons. The fourth-order valence-corrected chi connectivity index (χ4v) is 2.21. The second-order valence-electron chi connectivity index (χ2n) is 4.42. The summed E-state index contributed by atoms with van der Waals surface area (Å²) >= 11 is 5.71. The molecule has 1 saturated heterocycles. The molecule has 0 bridgehead atoms. The summed E-state index contributed by atoms with van der Waals surface area (Å²) in [6.07, 6.45) is 0.663. The lowest BCUT2D eigenvalue weighted by atomic mass is 9.81. The lowest BCUT2D eigenvalue weighted by Crippen LogP contribution is -2.39. The number of hydrogen-bond acceptors (Lipinski definition) is 3. The van der Waals surface area contributed by atoms with Gasteiger partial charge in [0.15, 0.2) is 0 Å². The Balaban J connectivity index is 2.18. The van der Waals surface area contributed by atoms with Crippen molar-refractivity contribution in [1.29, 1.82) is 5.26 Å². The second-order valence-corrected chi connectivity index (χ2v) is 4.85. The summed E-state index contributed by atoms with van der Waals surface area (Å²) in [5.74, 6) is -0.985. The molecular formula is C13H12ClFN2O2. The molecule has 1 heterocycles. The largest absolute Gasteiger partial charge is 0.381 e. The predicted octanol–water partition coefficient (Wildman–Crippen LogP) is 2.74. The van der Waals surface area contributed by atoms with Gasteiger partial charge in [0.1, 0.15) is 11.2 Å². The van der Waals surface area contributed by atoms with E-state index >= 15 is 0 Å². The van der Waals surface area contributed by atoms with Crippen LogP contribution in [-0.2, 0) is 9.53 Å². The Bertz CT molecular complexity index is 516. The highest BCUT2D eigenvalue weighted by Gasteiger charge is 2.40. The van der Waals surface area contributed by atoms with Crippen LogP contribution < -0.4 is 5.32 Å². The van der Waals surface area contributed by atoms with Gasteiger partial charge in [-0.1, -0.05) is 11.6 Å². The Hall–Kier alpha value is -1.64. The zero-order valence-corrected chi connectivity index (χ0v) is 10.8. The van der Waals surface area contributed by atoms with Gasteiger partial charge in [-0.3, -0.25) is 4.79 Å². The number of rotatable bonds is 2. The average molecular weight is 283 g/mol. The summed E-state index contributed by atoms with van der Waals surface area (Å²) < 4.78 is 18.3. The number of nitrogens with zero attached hydrogens (tertiary/aromatic N) is 1. The molecule has 1 amide bonds. The van der Waals surface area contributed by atoms with E-state index in [1.54, 1.807) is 0 Å². The monoisotopic (exact) mass is 282 g/mol. The molecule has 0 atom stereocenters. The number of nitrogens with one attached hydrogen (secondary N) is 1. The van der Waals surface area contributed by atoms with E-state index in [2.05, 4.69) is 5.32 Å². The molecule has 0 radical (unpaired) electrons. The minimum Gasteiger partial charge on any atom is -0.381 e. The zero-order valence-electron chi connectivity index (χ0n) is 10.1. The van der Waals surface area contributed by atoms with Crippen molar-refractivity contribution in [2.75, 3.05) is 18.5 Å². The first-order valence-corrected chi connectivity index (χ1v) is 6.20. The van der Waals surface area contributed by atoms with Gasteiger partial charge in [-0.25, -0.2) is 4.39 Å². The summed E-state index contributed by atoms with van der Waals surface area (Å²) in [4.78, 5) is 12.2. The van der Waals surface area contributed by atoms with E-state index in [0.717, 1.165) is 12.1 Å². The second kappa shape index (κ2) is 5.55. The minimum atomic E-state index is -1.11. The fourth-order valence-electron chi connectivity index (χ4n) is 1.99. The summed E-state index contributed by atoms with van der Waals surface area (Å²) in [6.45, 7) is 0.732. The van der Waals surface area contributed by atoms with Gasteiger partial charge in [0.25, 0.3) is 0 Å². The van der Waals surface area contributed by atoms with Crippen LogP contribution in [0, 0.1) is 22.6 Å². The highest BCUT2D eigenvalue weighted by molar-refractivity contribution is 6.30. The smallest absolute Gasteiger partial charge is 0.245 e. The minimum absolute atomic E-state index is 0.188. The molecule has 0 spiro atoms. The van der Waals surface area contributed by atoms with Crippen LogP contribution in [0.3, 0.4) is 0 Å². The van der Waals surface area contributed by atoms with Gasteiger partial charge in [0.2, 0.25) is 5.91 Å². The van der Waals surface area contributed by atoms with Gasteiger partial charge in [0, 0.05) is 23.9 Å². The van der Waals surface area contributed by atoms with E-state index in [1.807, 2.05) is 6.07 Å². The van der Waals surface area contributed by atoms with Gasteiger partial charge >= 0.3 is 0 Å². The first-order chi connectivity index (χ1) is 9.05. The molecule has 1 aromatic rings. The molecule has 0 saturated carbocycles. The molecule has 1 N–H and O–H groups in total. The van der Waals surface area contributed by atoms with Crippen LogP contribution in [0.2, 0.25) is 5.02 Å². The van der Waals surface area contributed by atoms with E-state index in [0.29, 0.717) is 26.1 Å². The molecule has 4 nitrogen and oxygen atoms in total. The number of ether oxygens (including phenoxy) is 1. The maximum absolute atomic E-state index is 13.2. The SMILES string of the molecule is N#CC1(C(=O)Nc2cc(F)cc(Cl)c2)CCOCC1. The van der Waals surface area contributed by atoms with E-state index < -0.39 is 17.1 Å². The lowest BCUT2D eigenvalue weighted by Gasteiger charge is -2.29. The summed E-state index contributed by atoms with van der Waals surface area (Å²) in [6, 6.07) is 5.79. The number of amides is 1. The molecular weight excluding hydrogens is 271 g/mol. The van der Waals surface area contributed by atoms with Crippen molar-refractivity contribution < 1.29 is 13.9 Å². The molecule has 1 aromatic carbocycles. The third-order valence-electron chi connectivity index (χ3n) is 3.12. The van der Waals surface area contributed by atoms with Gasteiger partial charge < -0.3 is 10.1 Å². The zero-order chi connectivity index (χ0) is 13.9. The van der Waals surface area contributed by atoms with Crippen LogP contribution in [0.4, 0.5) is 10.1 Å². The van der Waals surface area contributed by atoms with Crippen LogP contribution in [0.15, 0.2) is 18.2 Å². The molecule has 1 aliphatic rings. The Morgan fingerprint density at radius 2 is 2.11 bits per heavy atom. The predicted molar refractivity (Wildman–Crippen MR) is 68.1 cm³/mol. The van der Waals surface area contributed by atoms with Crippen molar-refractivity contribution in [3.8, 4) is 6.07 Å². The van der Waals surface area contributed by atoms with E-state index in [-0.39, 0.29) is 10.7 Å². The molecule has 2 rings (SSSR count). The van der Waals surface area contributed by atoms with Crippen molar-refractivity contribution in [3.05, 3.63) is 29.0 Å². The number of carbonyl (C=O) groups is 1. The fraction of sp³-hybridized carbons (Fsp3) is 0.385. The maximum Gasteiger partial charge on any atom is 0.245 e. The highest BCUT2D eigenvalue weighted by Crippen LogP contribution is 2.31. The van der Waals surface area contributed by atoms with Gasteiger partial charge in [-0.2, -0.15) is 5.26 Å². The Morgan fingerprint density at radius 3 is 2.68 bits per heavy atom. The normalized spacial score (nSPS) is 17.5. The van der Waals surface area contributed by atoms with Crippen LogP contribution in [0.5, 0.6) is 0 Å². The number of benzene rings is 1. The number of halogens is 2. The molecule has 0 unspecified atom stereocenters. The number of anilines is 1. The van der Waals surface area contributed by atoms with Crippen LogP contribution in [-0.4, -0.2) is 19.1 Å². The quantitative estimate of drug-likeness (QED) is 0.907. The van der Waals surface area contributed by atoms with Crippen LogP contribution in [0.1, 0.15) is 12.8 Å². The summed E-state index contributed by atoms with van der Waals surface area (Å²) in [7, 11) is 0. The first-order valence-electron chi connectivity index (χ1n) is 5.82. The third-order valence-corrected chi connectivity index (χ3v) is 3.33. The Kier molecular flexibility index (Phi) is 4.03. The Morgan fingerprint density at radius 1 is 1.42 bits per heavy atom. The summed E-state index contributed by atoms with van der Waals surface area (Å²) in [5, 5.41) is 12.0. The van der Waals surface area contributed by atoms with Crippen molar-refractivity contribution >= 4 is 23.2 Å². The van der Waals surface area contributed by atoms with Gasteiger partial charge in [0.05, 0.1) is 6.07 Å². The Labute approximate surface area is 115 Å². The number of nitriles is 1. The molecule has 6 heteroatoms. The van der Waals surface area contributed by atoms with Crippen molar-refractivity contribution in [2.24, 2.45) is 5.41 Å². The van der Waals surface area contributed by atoms with Gasteiger partial charge in [-0.05, 0) is 31.0 Å². The van der Waals surface area contributed by atoms with Crippen LogP contribution >= 0.6 is 11.6 Å². The van der Waals surface area contributed by atoms with Crippen molar-refractivity contribution in [1.82, 2.24) is 0 Å². The maximum atomic E-state index is 13.2. The standard InChI is InChI=1S/C13H12ClFN2O2/c14-9-5-10(15)7-11(6-9)17-12(18)13(8-16)1-3-19-4-2-13/h5-7H,1-4H2,(H,17,18). The third kappa shape index (κ3) is 3.03. The molecule has 0 aromatic heterocycles. The molecule has 19 heavy (non-hydrogen) atoms. The van der Waals surface area contributed by atoms with Crippen molar-refractivity contribution in [3.63, 3.8) is 0 Å².